The topological polar surface area (TPSA) is 97.9 Å². The minimum Gasteiger partial charge on any atom is -0.395 e. The van der Waals surface area contributed by atoms with Gasteiger partial charge >= 0.3 is 0 Å². The van der Waals surface area contributed by atoms with Crippen molar-refractivity contribution in [2.45, 2.75) is 18.8 Å². The fourth-order valence-electron chi connectivity index (χ4n) is 4.43. The third-order valence-electron chi connectivity index (χ3n) is 5.82. The highest BCUT2D eigenvalue weighted by atomic mass is 19.1. The summed E-state index contributed by atoms with van der Waals surface area (Å²) in [6.45, 7) is 3.27. The monoisotopic (exact) mass is 396 g/mol. The quantitative estimate of drug-likeness (QED) is 0.554. The zero-order valence-corrected chi connectivity index (χ0v) is 16.1. The molecule has 1 aliphatic rings. The number of aliphatic hydroxyl groups excluding tert-OH is 1. The maximum Gasteiger partial charge on any atom is 0.188 e. The molecule has 1 aromatic carbocycles. The van der Waals surface area contributed by atoms with Crippen LogP contribution in [-0.4, -0.2) is 62.4 Å². The molecule has 3 aromatic rings. The van der Waals surface area contributed by atoms with E-state index in [1.807, 2.05) is 6.07 Å². The molecule has 8 heteroatoms. The lowest BCUT2D eigenvalue weighted by atomic mass is 9.68. The number of hydrogen-bond acceptors (Lipinski definition) is 5. The highest BCUT2D eigenvalue weighted by Crippen LogP contribution is 2.45. The van der Waals surface area contributed by atoms with Gasteiger partial charge in [-0.1, -0.05) is 12.1 Å². The first kappa shape index (κ1) is 19.5. The maximum absolute atomic E-state index is 14.4. The van der Waals surface area contributed by atoms with Crippen molar-refractivity contribution in [2.75, 3.05) is 26.2 Å². The molecule has 3 N–H and O–H groups in total. The Morgan fingerprint density at radius 2 is 2.21 bits per heavy atom. The summed E-state index contributed by atoms with van der Waals surface area (Å²) in [4.78, 5) is 15.5. The van der Waals surface area contributed by atoms with Gasteiger partial charge in [-0.2, -0.15) is 10.2 Å². The number of hydrogen-bond donors (Lipinski definition) is 3. The highest BCUT2D eigenvalue weighted by Gasteiger charge is 2.43. The fraction of sp³-hybridized carbons (Fsp3) is 0.381. The first-order valence-corrected chi connectivity index (χ1v) is 9.63. The predicted molar refractivity (Wildman–Crippen MR) is 104 cm³/mol. The molecule has 3 heterocycles. The molecule has 0 spiro atoms. The van der Waals surface area contributed by atoms with E-state index in [2.05, 4.69) is 31.5 Å². The number of likely N-dealkylation sites (tertiary alicyclic amines) is 1. The molecule has 0 bridgehead atoms. The van der Waals surface area contributed by atoms with Crippen LogP contribution in [-0.2, 0) is 0 Å². The van der Waals surface area contributed by atoms with Crippen LogP contribution < -0.4 is 0 Å². The first-order chi connectivity index (χ1) is 14.1. The van der Waals surface area contributed by atoms with Crippen LogP contribution in [0.1, 0.15) is 39.0 Å². The summed E-state index contributed by atoms with van der Waals surface area (Å²) >= 11 is 0. The Bertz CT molecular complexity index is 958. The van der Waals surface area contributed by atoms with Crippen LogP contribution in [0.25, 0.3) is 0 Å². The molecule has 0 saturated carbocycles. The molecule has 1 saturated heterocycles. The number of carbonyl (C=O) groups excluding carboxylic acids is 1. The molecule has 2 aromatic heterocycles. The number of nitrogens with zero attached hydrogens (tertiary/aromatic N) is 3. The minimum atomic E-state index is -0.451. The van der Waals surface area contributed by atoms with Gasteiger partial charge in [-0.05, 0) is 30.2 Å². The van der Waals surface area contributed by atoms with Crippen molar-refractivity contribution in [3.05, 3.63) is 71.1 Å². The van der Waals surface area contributed by atoms with E-state index in [9.17, 15) is 14.3 Å². The number of ketones is 1. The zero-order chi connectivity index (χ0) is 20.4. The molecule has 4 rings (SSSR count). The Morgan fingerprint density at radius 3 is 2.90 bits per heavy atom. The van der Waals surface area contributed by atoms with Crippen molar-refractivity contribution in [3.63, 3.8) is 0 Å². The Morgan fingerprint density at radius 1 is 1.34 bits per heavy atom. The lowest BCUT2D eigenvalue weighted by molar-refractivity contribution is 0.0695. The third kappa shape index (κ3) is 3.73. The fourth-order valence-corrected chi connectivity index (χ4v) is 4.43. The number of piperidine rings is 1. The number of carbonyl (C=O) groups is 1. The summed E-state index contributed by atoms with van der Waals surface area (Å²) in [6, 6.07) is 6.66. The van der Waals surface area contributed by atoms with Crippen molar-refractivity contribution < 1.29 is 14.3 Å². The van der Waals surface area contributed by atoms with Crippen molar-refractivity contribution in [2.24, 2.45) is 5.92 Å². The van der Waals surface area contributed by atoms with E-state index in [0.717, 1.165) is 11.1 Å². The second-order valence-corrected chi connectivity index (χ2v) is 7.45. The summed E-state index contributed by atoms with van der Waals surface area (Å²) in [5.41, 5.74) is 2.54. The van der Waals surface area contributed by atoms with Crippen LogP contribution in [0.4, 0.5) is 4.39 Å². The third-order valence-corrected chi connectivity index (χ3v) is 5.82. The van der Waals surface area contributed by atoms with Gasteiger partial charge in [-0.15, -0.1) is 0 Å². The number of H-pyrrole nitrogens is 2. The summed E-state index contributed by atoms with van der Waals surface area (Å²) in [5.74, 6) is -1.24. The number of halogens is 1. The maximum atomic E-state index is 14.4. The van der Waals surface area contributed by atoms with Crippen LogP contribution in [0.2, 0.25) is 0 Å². The van der Waals surface area contributed by atoms with Crippen LogP contribution in [0, 0.1) is 24.9 Å². The number of aliphatic hydroxyl groups is 1. The second-order valence-electron chi connectivity index (χ2n) is 7.45. The number of Topliss-reactive ketones (excluding diaryl/α,β-unsaturated/α-hetero) is 1. The Hall–Kier alpha value is -2.84. The van der Waals surface area contributed by atoms with Crippen LogP contribution in [0.5, 0.6) is 0 Å². The minimum absolute atomic E-state index is 0.00516. The molecule has 0 aliphatic carbocycles. The molecular weight excluding hydrogens is 373 g/mol. The molecule has 151 valence electrons. The van der Waals surface area contributed by atoms with Gasteiger partial charge < -0.3 is 5.11 Å². The molecule has 3 atom stereocenters. The van der Waals surface area contributed by atoms with Gasteiger partial charge in [0, 0.05) is 55.3 Å². The van der Waals surface area contributed by atoms with Gasteiger partial charge in [0.05, 0.1) is 6.61 Å². The van der Waals surface area contributed by atoms with Gasteiger partial charge in [0.25, 0.3) is 0 Å². The Balaban J connectivity index is 1.83. The Kier molecular flexibility index (Phi) is 5.55. The first-order valence-electron chi connectivity index (χ1n) is 9.63. The molecule has 1 aliphatic heterocycles. The number of nitrogens with one attached hydrogen (secondary N) is 2. The van der Waals surface area contributed by atoms with Crippen molar-refractivity contribution >= 4 is 5.78 Å². The SMILES string of the molecule is Cc1c(F)cccc1[C@H]1[C@@H](C(=O)c2cc[nH]n2)CN(CCO)C[C@@H]1c1[c]n[nH]c1. The second kappa shape index (κ2) is 8.26. The molecule has 7 nitrogen and oxygen atoms in total. The summed E-state index contributed by atoms with van der Waals surface area (Å²) < 4.78 is 14.4. The average molecular weight is 396 g/mol. The van der Waals surface area contributed by atoms with E-state index < -0.39 is 5.92 Å². The number of β-amino-alcohol motifs (C(OH)–C–C–N with tert-alkyl or cyclic N) is 1. The predicted octanol–water partition coefficient (Wildman–Crippen LogP) is 2.05. The number of aromatic nitrogens is 4. The van der Waals surface area contributed by atoms with E-state index >= 15 is 0 Å². The molecule has 0 unspecified atom stereocenters. The molecule has 29 heavy (non-hydrogen) atoms. The normalized spacial score (nSPS) is 22.7. The summed E-state index contributed by atoms with van der Waals surface area (Å²) in [5, 5.41) is 23.0. The van der Waals surface area contributed by atoms with Gasteiger partial charge in [-0.25, -0.2) is 4.39 Å². The van der Waals surface area contributed by atoms with E-state index in [1.165, 1.54) is 6.07 Å². The van der Waals surface area contributed by atoms with Gasteiger partial charge in [0.2, 0.25) is 0 Å². The number of benzene rings is 1. The van der Waals surface area contributed by atoms with E-state index in [-0.39, 0.29) is 30.0 Å². The van der Waals surface area contributed by atoms with Gasteiger partial charge in [0.1, 0.15) is 17.7 Å². The van der Waals surface area contributed by atoms with Crippen LogP contribution >= 0.6 is 0 Å². The largest absolute Gasteiger partial charge is 0.395 e. The summed E-state index contributed by atoms with van der Waals surface area (Å²) in [7, 11) is 0. The van der Waals surface area contributed by atoms with Gasteiger partial charge in [0.15, 0.2) is 5.78 Å². The van der Waals surface area contributed by atoms with Crippen molar-refractivity contribution in [3.8, 4) is 0 Å². The van der Waals surface area contributed by atoms with Gasteiger partial charge in [-0.3, -0.25) is 19.9 Å². The average Bonchev–Trinajstić information content (AvgIpc) is 3.44. The highest BCUT2D eigenvalue weighted by molar-refractivity contribution is 5.97. The smallest absolute Gasteiger partial charge is 0.188 e. The number of aromatic amines is 2. The van der Waals surface area contributed by atoms with E-state index in [4.69, 9.17) is 0 Å². The Labute approximate surface area is 167 Å². The molecule has 1 fully saturated rings. The molecule has 1 radical (unpaired) electrons. The van der Waals surface area contributed by atoms with Crippen molar-refractivity contribution in [1.29, 1.82) is 0 Å². The van der Waals surface area contributed by atoms with Crippen molar-refractivity contribution in [1.82, 2.24) is 25.3 Å². The standard InChI is InChI=1S/C21H23FN5O2/c1-13-15(3-2-4-18(13)22)20-16(14-9-24-25-10-14)11-27(7-8-28)12-17(20)21(29)19-5-6-23-26-19/h2-6,9,16-17,20,28H,7-8,11-12H2,1H3,(H,23,26)(H,24,25)/t16-,17+,20-/m1/s1. The molecule has 0 amide bonds. The molecular formula is C21H23FN5O2. The lowest BCUT2D eigenvalue weighted by Crippen LogP contribution is -2.48. The lowest BCUT2D eigenvalue weighted by Gasteiger charge is -2.43. The van der Waals surface area contributed by atoms with E-state index in [0.29, 0.717) is 30.9 Å². The van der Waals surface area contributed by atoms with Crippen LogP contribution in [0.3, 0.4) is 0 Å². The summed E-state index contributed by atoms with van der Waals surface area (Å²) in [6.07, 6.45) is 6.36. The van der Waals surface area contributed by atoms with E-state index in [1.54, 1.807) is 31.5 Å². The zero-order valence-electron chi connectivity index (χ0n) is 16.1. The number of rotatable bonds is 6. The van der Waals surface area contributed by atoms with Crippen LogP contribution in [0.15, 0.2) is 36.7 Å².